The van der Waals surface area contributed by atoms with E-state index in [0.29, 0.717) is 19.0 Å². The van der Waals surface area contributed by atoms with Crippen LogP contribution in [-0.2, 0) is 4.74 Å². The molecule has 0 bridgehead atoms. The highest BCUT2D eigenvalue weighted by Crippen LogP contribution is 2.27. The predicted octanol–water partition coefficient (Wildman–Crippen LogP) is 0.0467. The van der Waals surface area contributed by atoms with Crippen LogP contribution < -0.4 is 16.2 Å². The van der Waals surface area contributed by atoms with E-state index >= 15 is 0 Å². The van der Waals surface area contributed by atoms with Crippen LogP contribution in [0.1, 0.15) is 19.4 Å². The van der Waals surface area contributed by atoms with Crippen molar-refractivity contribution in [2.24, 2.45) is 5.84 Å². The van der Waals surface area contributed by atoms with Crippen molar-refractivity contribution in [2.45, 2.75) is 32.5 Å². The number of hydrazine groups is 1. The van der Waals surface area contributed by atoms with E-state index in [1.54, 1.807) is 6.20 Å². The fourth-order valence-corrected chi connectivity index (χ4v) is 2.37. The molecular weight excluding hydrogens is 246 g/mol. The van der Waals surface area contributed by atoms with Gasteiger partial charge in [-0.15, -0.1) is 0 Å². The molecule has 1 saturated heterocycles. The van der Waals surface area contributed by atoms with Gasteiger partial charge < -0.3 is 14.7 Å². The van der Waals surface area contributed by atoms with Crippen molar-refractivity contribution in [1.29, 1.82) is 0 Å². The van der Waals surface area contributed by atoms with Crippen LogP contribution in [0.2, 0.25) is 0 Å². The summed E-state index contributed by atoms with van der Waals surface area (Å²) in [5, 5.41) is 9.34. The maximum absolute atomic E-state index is 9.34. The Kier molecular flexibility index (Phi) is 3.88. The normalized spacial score (nSPS) is 22.4. The zero-order valence-corrected chi connectivity index (χ0v) is 11.6. The van der Waals surface area contributed by atoms with Crippen LogP contribution in [0.3, 0.4) is 0 Å². The van der Waals surface area contributed by atoms with E-state index in [1.165, 1.54) is 0 Å². The molecule has 0 saturated carbocycles. The van der Waals surface area contributed by atoms with Crippen LogP contribution >= 0.6 is 0 Å². The Labute approximate surface area is 112 Å². The van der Waals surface area contributed by atoms with Gasteiger partial charge in [0, 0.05) is 24.8 Å². The molecule has 7 nitrogen and oxygen atoms in total. The first-order valence-electron chi connectivity index (χ1n) is 6.29. The Morgan fingerprint density at radius 1 is 1.63 bits per heavy atom. The molecule has 1 fully saturated rings. The highest BCUT2D eigenvalue weighted by molar-refractivity contribution is 5.49. The van der Waals surface area contributed by atoms with Crippen LogP contribution in [0, 0.1) is 6.92 Å². The van der Waals surface area contributed by atoms with Gasteiger partial charge in [-0.2, -0.15) is 4.98 Å². The minimum Gasteiger partial charge on any atom is -0.394 e. The Balaban J connectivity index is 2.29. The first-order valence-corrected chi connectivity index (χ1v) is 6.29. The van der Waals surface area contributed by atoms with Crippen molar-refractivity contribution in [1.82, 2.24) is 9.97 Å². The number of nitrogens with zero attached hydrogens (tertiary/aromatic N) is 3. The van der Waals surface area contributed by atoms with E-state index in [-0.39, 0.29) is 18.3 Å². The summed E-state index contributed by atoms with van der Waals surface area (Å²) in [6, 6.07) is 0. The lowest BCUT2D eigenvalue weighted by Crippen LogP contribution is -2.54. The highest BCUT2D eigenvalue weighted by Gasteiger charge is 2.34. The molecule has 0 spiro atoms. The zero-order chi connectivity index (χ0) is 14.0. The van der Waals surface area contributed by atoms with Crippen molar-refractivity contribution in [2.75, 3.05) is 30.0 Å². The summed E-state index contributed by atoms with van der Waals surface area (Å²) < 4.78 is 5.80. The van der Waals surface area contributed by atoms with E-state index in [4.69, 9.17) is 10.6 Å². The molecule has 4 N–H and O–H groups in total. The molecule has 19 heavy (non-hydrogen) atoms. The number of aliphatic hydroxyl groups is 1. The number of ether oxygens (including phenoxy) is 1. The van der Waals surface area contributed by atoms with Gasteiger partial charge in [0.25, 0.3) is 0 Å². The van der Waals surface area contributed by atoms with Gasteiger partial charge >= 0.3 is 0 Å². The number of aryl methyl sites for hydroxylation is 1. The van der Waals surface area contributed by atoms with Crippen molar-refractivity contribution in [3.05, 3.63) is 11.8 Å². The highest BCUT2D eigenvalue weighted by atomic mass is 16.5. The summed E-state index contributed by atoms with van der Waals surface area (Å²) in [6.45, 7) is 7.24. The van der Waals surface area contributed by atoms with Gasteiger partial charge in [-0.1, -0.05) is 0 Å². The number of rotatable bonds is 3. The second-order valence-corrected chi connectivity index (χ2v) is 5.41. The second kappa shape index (κ2) is 5.28. The topological polar surface area (TPSA) is 96.5 Å². The lowest BCUT2D eigenvalue weighted by atomic mass is 10.0. The molecule has 0 aromatic carbocycles. The van der Waals surface area contributed by atoms with Crippen molar-refractivity contribution in [3.63, 3.8) is 0 Å². The number of hydrogen-bond acceptors (Lipinski definition) is 7. The summed E-state index contributed by atoms with van der Waals surface area (Å²) in [6.07, 6.45) is 1.51. The summed E-state index contributed by atoms with van der Waals surface area (Å²) in [4.78, 5) is 10.6. The lowest BCUT2D eigenvalue weighted by Gasteiger charge is -2.43. The molecule has 106 valence electrons. The lowest BCUT2D eigenvalue weighted by molar-refractivity contribution is -0.101. The molecule has 1 unspecified atom stereocenters. The van der Waals surface area contributed by atoms with Gasteiger partial charge in [-0.25, -0.2) is 10.8 Å². The third kappa shape index (κ3) is 3.12. The van der Waals surface area contributed by atoms with Gasteiger partial charge in [0.15, 0.2) is 0 Å². The number of anilines is 2. The van der Waals surface area contributed by atoms with Gasteiger partial charge in [0.2, 0.25) is 5.95 Å². The first-order chi connectivity index (χ1) is 8.95. The maximum atomic E-state index is 9.34. The first kappa shape index (κ1) is 14.0. The summed E-state index contributed by atoms with van der Waals surface area (Å²) >= 11 is 0. The number of nitrogens with two attached hydrogens (primary N) is 1. The Hall–Kier alpha value is -1.44. The molecule has 2 heterocycles. The molecule has 1 aromatic rings. The average molecular weight is 267 g/mol. The summed E-state index contributed by atoms with van der Waals surface area (Å²) in [7, 11) is 0. The fraction of sp³-hybridized carbons (Fsp3) is 0.667. The monoisotopic (exact) mass is 267 g/mol. The second-order valence-electron chi connectivity index (χ2n) is 5.41. The van der Waals surface area contributed by atoms with Crippen LogP contribution in [0.5, 0.6) is 0 Å². The molecule has 0 aliphatic carbocycles. The molecule has 1 aliphatic heterocycles. The van der Waals surface area contributed by atoms with E-state index in [0.717, 1.165) is 11.4 Å². The predicted molar refractivity (Wildman–Crippen MR) is 72.8 cm³/mol. The largest absolute Gasteiger partial charge is 0.394 e. The number of nitrogens with one attached hydrogen (secondary N) is 1. The molecule has 2 rings (SSSR count). The van der Waals surface area contributed by atoms with Crippen molar-refractivity contribution < 1.29 is 9.84 Å². The minimum atomic E-state index is -0.334. The minimum absolute atomic E-state index is 0.00788. The van der Waals surface area contributed by atoms with Gasteiger partial charge in [-0.3, -0.25) is 5.43 Å². The standard InChI is InChI=1S/C12H21N5O2/c1-8-4-14-11(16-13)15-10(8)17-5-9(6-18)19-12(2,3)7-17/h4,9,18H,5-7,13H2,1-3H3,(H,14,15,16). The molecule has 1 aromatic heterocycles. The molecule has 1 atom stereocenters. The third-order valence-electron chi connectivity index (χ3n) is 3.06. The van der Waals surface area contributed by atoms with E-state index in [1.807, 2.05) is 20.8 Å². The van der Waals surface area contributed by atoms with Crippen molar-refractivity contribution >= 4 is 11.8 Å². The Morgan fingerprint density at radius 3 is 3.00 bits per heavy atom. The molecule has 7 heteroatoms. The van der Waals surface area contributed by atoms with Crippen LogP contribution in [-0.4, -0.2) is 46.5 Å². The van der Waals surface area contributed by atoms with E-state index in [9.17, 15) is 5.11 Å². The third-order valence-corrected chi connectivity index (χ3v) is 3.06. The number of nitrogen functional groups attached to an aromatic ring is 1. The number of aromatic nitrogens is 2. The molecule has 0 radical (unpaired) electrons. The van der Waals surface area contributed by atoms with Crippen LogP contribution in [0.4, 0.5) is 11.8 Å². The molecule has 1 aliphatic rings. The van der Waals surface area contributed by atoms with Gasteiger partial charge in [0.05, 0.1) is 18.3 Å². The summed E-state index contributed by atoms with van der Waals surface area (Å²) in [5.74, 6) is 6.54. The van der Waals surface area contributed by atoms with Crippen molar-refractivity contribution in [3.8, 4) is 0 Å². The fourth-order valence-electron chi connectivity index (χ4n) is 2.37. The van der Waals surface area contributed by atoms with Gasteiger partial charge in [0.1, 0.15) is 5.82 Å². The quantitative estimate of drug-likeness (QED) is 0.526. The average Bonchev–Trinajstić information content (AvgIpc) is 2.37. The molecular formula is C12H21N5O2. The summed E-state index contributed by atoms with van der Waals surface area (Å²) in [5.41, 5.74) is 3.08. The van der Waals surface area contributed by atoms with E-state index < -0.39 is 0 Å². The van der Waals surface area contributed by atoms with Crippen LogP contribution in [0.15, 0.2) is 6.20 Å². The Bertz CT molecular complexity index is 452. The Morgan fingerprint density at radius 2 is 2.37 bits per heavy atom. The SMILES string of the molecule is Cc1cnc(NN)nc1N1CC(CO)OC(C)(C)C1. The molecule has 0 amide bonds. The van der Waals surface area contributed by atoms with Gasteiger partial charge in [-0.05, 0) is 20.8 Å². The number of morpholine rings is 1. The smallest absolute Gasteiger partial charge is 0.239 e. The van der Waals surface area contributed by atoms with Crippen LogP contribution in [0.25, 0.3) is 0 Å². The number of hydrogen-bond donors (Lipinski definition) is 3. The van der Waals surface area contributed by atoms with E-state index in [2.05, 4.69) is 20.3 Å². The maximum Gasteiger partial charge on any atom is 0.239 e. The number of aliphatic hydroxyl groups excluding tert-OH is 1. The zero-order valence-electron chi connectivity index (χ0n) is 11.6.